The number of imidazole rings is 1. The third-order valence-electron chi connectivity index (χ3n) is 4.67. The summed E-state index contributed by atoms with van der Waals surface area (Å²) in [5.41, 5.74) is 2.40. The molecule has 1 heterocycles. The number of para-hydroxylation sites is 1. The molecule has 0 radical (unpaired) electrons. The van der Waals surface area contributed by atoms with Crippen LogP contribution >= 0.6 is 11.6 Å². The summed E-state index contributed by atoms with van der Waals surface area (Å²) in [6.45, 7) is 0.478. The third kappa shape index (κ3) is 5.19. The topological polar surface area (TPSA) is 76.0 Å². The van der Waals surface area contributed by atoms with Crippen molar-refractivity contribution < 1.29 is 14.0 Å². The molecule has 3 aromatic carbocycles. The first kappa shape index (κ1) is 21.3. The number of benzene rings is 3. The molecule has 0 unspecified atom stereocenters. The quantitative estimate of drug-likeness (QED) is 0.424. The monoisotopic (exact) mass is 448 g/mol. The summed E-state index contributed by atoms with van der Waals surface area (Å²) >= 11 is 5.85. The maximum absolute atomic E-state index is 13.7. The molecule has 0 aliphatic carbocycles. The lowest BCUT2D eigenvalue weighted by atomic mass is 10.2. The number of rotatable bonds is 6. The number of halogens is 2. The molecule has 0 spiro atoms. The molecule has 0 fully saturated rings. The Morgan fingerprint density at radius 2 is 1.62 bits per heavy atom. The maximum Gasteiger partial charge on any atom is 0.275 e. The third-order valence-corrected chi connectivity index (χ3v) is 4.92. The van der Waals surface area contributed by atoms with Gasteiger partial charge in [0.05, 0.1) is 12.0 Å². The lowest BCUT2D eigenvalue weighted by Gasteiger charge is -2.07. The summed E-state index contributed by atoms with van der Waals surface area (Å²) in [4.78, 5) is 28.7. The van der Waals surface area contributed by atoms with Crippen LogP contribution in [0.25, 0.3) is 0 Å². The Labute approximate surface area is 188 Å². The second-order valence-electron chi connectivity index (χ2n) is 7.02. The molecule has 0 bridgehead atoms. The summed E-state index contributed by atoms with van der Waals surface area (Å²) in [6, 6.07) is 19.9. The van der Waals surface area contributed by atoms with E-state index >= 15 is 0 Å². The highest BCUT2D eigenvalue weighted by Crippen LogP contribution is 2.16. The molecule has 4 aromatic rings. The summed E-state index contributed by atoms with van der Waals surface area (Å²) in [6.07, 6.45) is 3.12. The van der Waals surface area contributed by atoms with Gasteiger partial charge in [0.2, 0.25) is 0 Å². The van der Waals surface area contributed by atoms with Gasteiger partial charge < -0.3 is 15.2 Å². The predicted octanol–water partition coefficient (Wildman–Crippen LogP) is 5.23. The van der Waals surface area contributed by atoms with Crippen LogP contribution in [0.5, 0.6) is 0 Å². The van der Waals surface area contributed by atoms with Gasteiger partial charge in [0.1, 0.15) is 11.5 Å². The van der Waals surface area contributed by atoms with Crippen LogP contribution in [0.2, 0.25) is 5.02 Å². The lowest BCUT2D eigenvalue weighted by Crippen LogP contribution is -2.13. The van der Waals surface area contributed by atoms with Gasteiger partial charge in [0.25, 0.3) is 11.8 Å². The van der Waals surface area contributed by atoms with E-state index in [9.17, 15) is 14.0 Å². The molecule has 0 atom stereocenters. The van der Waals surface area contributed by atoms with E-state index in [1.807, 2.05) is 12.1 Å². The van der Waals surface area contributed by atoms with Gasteiger partial charge in [-0.1, -0.05) is 35.9 Å². The van der Waals surface area contributed by atoms with Gasteiger partial charge in [-0.3, -0.25) is 9.59 Å². The van der Waals surface area contributed by atoms with E-state index in [-0.39, 0.29) is 17.3 Å². The average molecular weight is 449 g/mol. The second-order valence-corrected chi connectivity index (χ2v) is 7.46. The predicted molar refractivity (Wildman–Crippen MR) is 122 cm³/mol. The molecule has 2 N–H and O–H groups in total. The molecule has 2 amide bonds. The van der Waals surface area contributed by atoms with Gasteiger partial charge in [-0.2, -0.15) is 0 Å². The molecule has 0 aliphatic rings. The first-order chi connectivity index (χ1) is 15.5. The van der Waals surface area contributed by atoms with Crippen LogP contribution in [0.15, 0.2) is 85.3 Å². The van der Waals surface area contributed by atoms with E-state index in [4.69, 9.17) is 11.6 Å². The highest BCUT2D eigenvalue weighted by Gasteiger charge is 2.12. The van der Waals surface area contributed by atoms with E-state index in [1.165, 1.54) is 18.5 Å². The fraction of sp³-hybridized carbons (Fsp3) is 0.0417. The number of aromatic nitrogens is 2. The maximum atomic E-state index is 13.7. The Kier molecular flexibility index (Phi) is 6.28. The van der Waals surface area contributed by atoms with Crippen molar-refractivity contribution in [3.63, 3.8) is 0 Å². The van der Waals surface area contributed by atoms with Crippen LogP contribution in [0.1, 0.15) is 26.4 Å². The van der Waals surface area contributed by atoms with Crippen molar-refractivity contribution >= 4 is 34.8 Å². The molecule has 0 saturated heterocycles. The number of hydrogen-bond donors (Lipinski definition) is 2. The van der Waals surface area contributed by atoms with Gasteiger partial charge in [-0.05, 0) is 54.1 Å². The van der Waals surface area contributed by atoms with Crippen LogP contribution in [0.4, 0.5) is 15.8 Å². The van der Waals surface area contributed by atoms with Gasteiger partial charge in [0.15, 0.2) is 0 Å². The zero-order valence-electron chi connectivity index (χ0n) is 16.8. The van der Waals surface area contributed by atoms with Gasteiger partial charge >= 0.3 is 0 Å². The molecule has 8 heteroatoms. The van der Waals surface area contributed by atoms with Gasteiger partial charge in [0, 0.05) is 29.0 Å². The summed E-state index contributed by atoms with van der Waals surface area (Å²) in [7, 11) is 0. The number of carbonyl (C=O) groups is 2. The number of nitrogens with one attached hydrogen (secondary N) is 2. The van der Waals surface area contributed by atoms with E-state index in [2.05, 4.69) is 15.6 Å². The molecular weight excluding hydrogens is 431 g/mol. The smallest absolute Gasteiger partial charge is 0.275 e. The van der Waals surface area contributed by atoms with E-state index < -0.39 is 11.7 Å². The number of carbonyl (C=O) groups excluding carboxylic acids is 2. The van der Waals surface area contributed by atoms with E-state index in [0.717, 1.165) is 5.56 Å². The van der Waals surface area contributed by atoms with Gasteiger partial charge in [-0.15, -0.1) is 0 Å². The summed E-state index contributed by atoms with van der Waals surface area (Å²) < 4.78 is 15.5. The van der Waals surface area contributed by atoms with Crippen molar-refractivity contribution in [1.29, 1.82) is 0 Å². The highest BCUT2D eigenvalue weighted by atomic mass is 35.5. The number of hydrogen-bond acceptors (Lipinski definition) is 3. The summed E-state index contributed by atoms with van der Waals surface area (Å²) in [5, 5.41) is 5.91. The molecule has 6 nitrogen and oxygen atoms in total. The van der Waals surface area contributed by atoms with Crippen LogP contribution in [-0.4, -0.2) is 21.4 Å². The molecule has 4 rings (SSSR count). The lowest BCUT2D eigenvalue weighted by molar-refractivity contribution is 0.101. The zero-order chi connectivity index (χ0) is 22.5. The SMILES string of the molecule is O=C(Nc1ccc(Cn2cnc(C(=O)Nc3ccccc3F)c2)cc1)c1ccc(Cl)cc1. The van der Waals surface area contributed by atoms with Crippen molar-refractivity contribution in [3.8, 4) is 0 Å². The van der Waals surface area contributed by atoms with Crippen LogP contribution in [-0.2, 0) is 6.54 Å². The van der Waals surface area contributed by atoms with E-state index in [0.29, 0.717) is 22.8 Å². The van der Waals surface area contributed by atoms with Crippen LogP contribution in [0.3, 0.4) is 0 Å². The van der Waals surface area contributed by atoms with Crippen molar-refractivity contribution in [3.05, 3.63) is 113 Å². The highest BCUT2D eigenvalue weighted by molar-refractivity contribution is 6.30. The Bertz CT molecular complexity index is 1250. The molecule has 1 aromatic heterocycles. The fourth-order valence-corrected chi connectivity index (χ4v) is 3.15. The molecule has 160 valence electrons. The Morgan fingerprint density at radius 1 is 0.906 bits per heavy atom. The first-order valence-electron chi connectivity index (χ1n) is 9.71. The van der Waals surface area contributed by atoms with Crippen molar-refractivity contribution in [2.24, 2.45) is 0 Å². The van der Waals surface area contributed by atoms with Crippen molar-refractivity contribution in [2.75, 3.05) is 10.6 Å². The average Bonchev–Trinajstić information content (AvgIpc) is 3.26. The fourth-order valence-electron chi connectivity index (χ4n) is 3.02. The van der Waals surface area contributed by atoms with Gasteiger partial charge in [-0.25, -0.2) is 9.37 Å². The molecular formula is C24H18ClFN4O2. The molecule has 0 saturated carbocycles. The Hall–Kier alpha value is -3.97. The van der Waals surface area contributed by atoms with Crippen LogP contribution < -0.4 is 10.6 Å². The molecule has 0 aliphatic heterocycles. The number of amides is 2. The normalized spacial score (nSPS) is 10.6. The number of nitrogens with zero attached hydrogens (tertiary/aromatic N) is 2. The second kappa shape index (κ2) is 9.45. The number of anilines is 2. The first-order valence-corrected chi connectivity index (χ1v) is 10.1. The molecule has 32 heavy (non-hydrogen) atoms. The van der Waals surface area contributed by atoms with Crippen molar-refractivity contribution in [1.82, 2.24) is 9.55 Å². The van der Waals surface area contributed by atoms with Crippen LogP contribution in [0, 0.1) is 5.82 Å². The standard InChI is InChI=1S/C24H18ClFN4O2/c25-18-9-7-17(8-10-18)23(31)28-19-11-5-16(6-12-19)13-30-14-22(27-15-30)24(32)29-21-4-2-1-3-20(21)26/h1-12,14-15H,13H2,(H,28,31)(H,29,32). The zero-order valence-corrected chi connectivity index (χ0v) is 17.5. The minimum absolute atomic E-state index is 0.100. The minimum atomic E-state index is -0.511. The van der Waals surface area contributed by atoms with E-state index in [1.54, 1.807) is 59.3 Å². The minimum Gasteiger partial charge on any atom is -0.332 e. The Morgan fingerprint density at radius 3 is 2.34 bits per heavy atom. The largest absolute Gasteiger partial charge is 0.332 e. The summed E-state index contributed by atoms with van der Waals surface area (Å²) in [5.74, 6) is -1.23. The Balaban J connectivity index is 1.36. The van der Waals surface area contributed by atoms with Crippen molar-refractivity contribution in [2.45, 2.75) is 6.54 Å².